The fourth-order valence-corrected chi connectivity index (χ4v) is 0. The van der Waals surface area contributed by atoms with Crippen LogP contribution >= 0.6 is 0 Å². The Morgan fingerprint density at radius 3 is 2.00 bits per heavy atom. The molecule has 0 saturated carbocycles. The smallest absolute Gasteiger partial charge is 0.520 e. The predicted octanol–water partition coefficient (Wildman–Crippen LogP) is 1.20. The molecule has 0 aromatic heterocycles. The molecule has 0 aromatic rings. The third kappa shape index (κ3) is 13.1. The van der Waals surface area contributed by atoms with Gasteiger partial charge in [-0.1, -0.05) is 0 Å². The van der Waals surface area contributed by atoms with Gasteiger partial charge in [0.2, 0.25) is 0 Å². The van der Waals surface area contributed by atoms with E-state index in [0.717, 1.165) is 6.42 Å². The van der Waals surface area contributed by atoms with Gasteiger partial charge in [-0.05, 0) is 0 Å². The van der Waals surface area contributed by atoms with Crippen LogP contribution in [-0.4, -0.2) is 0 Å². The van der Waals surface area contributed by atoms with Crippen LogP contribution in [0.4, 0.5) is 0 Å². The first-order chi connectivity index (χ1) is 1.91. The molecule has 1 heteroatoms. The molecule has 0 N–H and O–H groups in total. The number of hydrogen-bond acceptors (Lipinski definition) is 0. The Bertz CT molecular complexity index is 17.6. The van der Waals surface area contributed by atoms with Crippen LogP contribution in [0.5, 0.6) is 0 Å². The third-order valence-corrected chi connectivity index (χ3v) is 0.167. The summed E-state index contributed by atoms with van der Waals surface area (Å²) in [6, 6.07) is 0. The van der Waals surface area contributed by atoms with Gasteiger partial charge in [0.05, 0.1) is 0 Å². The van der Waals surface area contributed by atoms with Crippen molar-refractivity contribution in [2.45, 2.75) is 6.42 Å². The van der Waals surface area contributed by atoms with Gasteiger partial charge in [-0.25, -0.2) is 0 Å². The van der Waals surface area contributed by atoms with Crippen molar-refractivity contribution >= 4 is 0 Å². The molecule has 0 fully saturated rings. The molecule has 0 rings (SSSR count). The van der Waals surface area contributed by atoms with E-state index >= 15 is 0 Å². The van der Waals surface area contributed by atoms with E-state index < -0.39 is 0 Å². The first-order valence-corrected chi connectivity index (χ1v) is 1.24. The Kier molecular flexibility index (Phi) is 16.0. The third-order valence-electron chi connectivity index (χ3n) is 0.167. The van der Waals surface area contributed by atoms with Crippen molar-refractivity contribution in [1.82, 2.24) is 0 Å². The zero-order chi connectivity index (χ0) is 3.41. The predicted molar refractivity (Wildman–Crippen MR) is 18.8 cm³/mol. The standard InChI is InChI=1S/C4H6.Rh/c1-3-4-2;/h1,3H,2,4H2;/q-2;+2. The normalized spacial score (nSPS) is 5.00. The molecule has 1 radical (unpaired) electrons. The van der Waals surface area contributed by atoms with E-state index in [4.69, 9.17) is 6.58 Å². The quantitative estimate of drug-likeness (QED) is 0.396. The largest absolute Gasteiger partial charge is 2.00 e. The summed E-state index contributed by atoms with van der Waals surface area (Å²) in [4.78, 5) is 0. The number of allylic oxidation sites excluding steroid dienone is 1. The minimum atomic E-state index is 0. The van der Waals surface area contributed by atoms with Crippen molar-refractivity contribution in [1.29, 1.82) is 0 Å². The first-order valence-electron chi connectivity index (χ1n) is 1.24. The fourth-order valence-electron chi connectivity index (χ4n) is 0. The molecule has 31 valence electrons. The van der Waals surface area contributed by atoms with Gasteiger partial charge < -0.3 is 19.6 Å². The van der Waals surface area contributed by atoms with E-state index in [1.807, 2.05) is 0 Å². The Labute approximate surface area is 46.0 Å². The van der Waals surface area contributed by atoms with Crippen molar-refractivity contribution in [3.63, 3.8) is 0 Å². The number of rotatable bonds is 1. The molecule has 0 nitrogen and oxygen atoms in total. The summed E-state index contributed by atoms with van der Waals surface area (Å²) in [5.74, 6) is 0. The Hall–Kier alpha value is 0.363. The molecule has 0 aliphatic heterocycles. The summed E-state index contributed by atoms with van der Waals surface area (Å²) >= 11 is 0. The molecule has 5 heavy (non-hydrogen) atoms. The van der Waals surface area contributed by atoms with Crippen LogP contribution in [0.15, 0.2) is 6.08 Å². The van der Waals surface area contributed by atoms with Crippen LogP contribution < -0.4 is 0 Å². The Balaban J connectivity index is 0. The van der Waals surface area contributed by atoms with Gasteiger partial charge >= 0.3 is 19.5 Å². The van der Waals surface area contributed by atoms with Crippen LogP contribution in [0.3, 0.4) is 0 Å². The van der Waals surface area contributed by atoms with Gasteiger partial charge in [-0.2, -0.15) is 6.42 Å². The van der Waals surface area contributed by atoms with E-state index in [0.29, 0.717) is 0 Å². The molecule has 0 spiro atoms. The molecule has 0 aromatic carbocycles. The zero-order valence-electron chi connectivity index (χ0n) is 2.90. The Morgan fingerprint density at radius 1 is 1.80 bits per heavy atom. The van der Waals surface area contributed by atoms with Crippen LogP contribution in [-0.2, 0) is 19.5 Å². The molecule has 0 aliphatic rings. The molecule has 0 atom stereocenters. The molecule has 0 saturated heterocycles. The molecule has 0 aliphatic carbocycles. The van der Waals surface area contributed by atoms with E-state index in [2.05, 4.69) is 6.92 Å². The molecule has 0 bridgehead atoms. The SMILES string of the molecule is [CH-]=CC[CH2-].[Rh+2]. The summed E-state index contributed by atoms with van der Waals surface area (Å²) in [6.45, 7) is 8.26. The second kappa shape index (κ2) is 8.84. The van der Waals surface area contributed by atoms with E-state index in [1.165, 1.54) is 6.08 Å². The maximum absolute atomic E-state index is 4.84. The van der Waals surface area contributed by atoms with Gasteiger partial charge in [-0.3, -0.25) is 0 Å². The second-order valence-electron chi connectivity index (χ2n) is 0.524. The number of hydrogen-bond donors (Lipinski definition) is 0. The van der Waals surface area contributed by atoms with Crippen LogP contribution in [0.25, 0.3) is 0 Å². The van der Waals surface area contributed by atoms with Crippen LogP contribution in [0, 0.1) is 13.5 Å². The van der Waals surface area contributed by atoms with E-state index in [-0.39, 0.29) is 19.5 Å². The van der Waals surface area contributed by atoms with Crippen molar-refractivity contribution < 1.29 is 19.5 Å². The monoisotopic (exact) mass is 157 g/mol. The summed E-state index contributed by atoms with van der Waals surface area (Å²) in [6.07, 6.45) is 2.24. The molecule has 0 unspecified atom stereocenters. The summed E-state index contributed by atoms with van der Waals surface area (Å²) in [7, 11) is 0. The maximum Gasteiger partial charge on any atom is 2.00 e. The van der Waals surface area contributed by atoms with E-state index in [9.17, 15) is 0 Å². The van der Waals surface area contributed by atoms with Crippen LogP contribution in [0.1, 0.15) is 6.42 Å². The van der Waals surface area contributed by atoms with Gasteiger partial charge in [0, 0.05) is 0 Å². The van der Waals surface area contributed by atoms with Crippen molar-refractivity contribution in [3.05, 3.63) is 19.6 Å². The van der Waals surface area contributed by atoms with Gasteiger partial charge in [-0.15, -0.1) is 0 Å². The molecule has 0 amide bonds. The maximum atomic E-state index is 4.84. The van der Waals surface area contributed by atoms with Crippen molar-refractivity contribution in [2.75, 3.05) is 0 Å². The topological polar surface area (TPSA) is 0 Å². The van der Waals surface area contributed by atoms with Gasteiger partial charge in [0.15, 0.2) is 0 Å². The minimum absolute atomic E-state index is 0. The van der Waals surface area contributed by atoms with Gasteiger partial charge in [0.1, 0.15) is 0 Å². The average molecular weight is 157 g/mol. The average Bonchev–Trinajstić information content (AvgIpc) is 1.37. The summed E-state index contributed by atoms with van der Waals surface area (Å²) in [5.41, 5.74) is 0. The second-order valence-corrected chi connectivity index (χ2v) is 0.524. The molecule has 0 heterocycles. The zero-order valence-corrected chi connectivity index (χ0v) is 4.54. The molecular formula is C4H6Rh. The van der Waals surface area contributed by atoms with E-state index in [1.54, 1.807) is 0 Å². The Morgan fingerprint density at radius 2 is 2.00 bits per heavy atom. The summed E-state index contributed by atoms with van der Waals surface area (Å²) < 4.78 is 0. The summed E-state index contributed by atoms with van der Waals surface area (Å²) in [5, 5.41) is 0. The fraction of sp³-hybridized carbons (Fsp3) is 0.250. The van der Waals surface area contributed by atoms with Crippen molar-refractivity contribution in [2.24, 2.45) is 0 Å². The molecular weight excluding hydrogens is 151 g/mol. The van der Waals surface area contributed by atoms with Crippen molar-refractivity contribution in [3.8, 4) is 0 Å². The van der Waals surface area contributed by atoms with Gasteiger partial charge in [0.25, 0.3) is 0 Å². The minimum Gasteiger partial charge on any atom is -0.520 e. The van der Waals surface area contributed by atoms with Crippen LogP contribution in [0.2, 0.25) is 0 Å². The first kappa shape index (κ1) is 9.03.